The first-order valence-electron chi connectivity index (χ1n) is 6.56. The van der Waals surface area contributed by atoms with E-state index in [4.69, 9.17) is 10.2 Å². The molecule has 0 fully saturated rings. The van der Waals surface area contributed by atoms with Gasteiger partial charge in [0.15, 0.2) is 5.89 Å². The third kappa shape index (κ3) is 4.00. The minimum Gasteiger partial charge on any atom is -0.446 e. The molecule has 1 heterocycles. The van der Waals surface area contributed by atoms with Gasteiger partial charge in [-0.15, -0.1) is 0 Å². The third-order valence-electron chi connectivity index (χ3n) is 2.93. The fourth-order valence-electron chi connectivity index (χ4n) is 1.94. The standard InChI is InChI=1S/C15H20N2O/c16-11-5-10-15-17-12-14(18-15)9-4-8-13-6-2-1-3-7-13/h1-3,6-7,12H,4-5,8-11,16H2. The summed E-state index contributed by atoms with van der Waals surface area (Å²) in [7, 11) is 0. The zero-order valence-electron chi connectivity index (χ0n) is 10.6. The van der Waals surface area contributed by atoms with Crippen molar-refractivity contribution in [2.75, 3.05) is 6.54 Å². The smallest absolute Gasteiger partial charge is 0.194 e. The van der Waals surface area contributed by atoms with Crippen LogP contribution in [-0.2, 0) is 19.3 Å². The first kappa shape index (κ1) is 12.8. The van der Waals surface area contributed by atoms with E-state index in [0.717, 1.165) is 43.8 Å². The second kappa shape index (κ2) is 6.97. The van der Waals surface area contributed by atoms with E-state index in [9.17, 15) is 0 Å². The van der Waals surface area contributed by atoms with Crippen molar-refractivity contribution in [3.63, 3.8) is 0 Å². The molecule has 1 aromatic heterocycles. The van der Waals surface area contributed by atoms with Gasteiger partial charge in [-0.25, -0.2) is 4.98 Å². The topological polar surface area (TPSA) is 52.0 Å². The Morgan fingerprint density at radius 2 is 1.83 bits per heavy atom. The molecule has 1 aromatic carbocycles. The molecule has 0 spiro atoms. The fourth-order valence-corrected chi connectivity index (χ4v) is 1.94. The summed E-state index contributed by atoms with van der Waals surface area (Å²) in [6, 6.07) is 10.5. The highest BCUT2D eigenvalue weighted by Gasteiger charge is 2.03. The second-order valence-electron chi connectivity index (χ2n) is 4.45. The Kier molecular flexibility index (Phi) is 4.97. The van der Waals surface area contributed by atoms with Crippen molar-refractivity contribution in [3.8, 4) is 0 Å². The van der Waals surface area contributed by atoms with Gasteiger partial charge in [-0.1, -0.05) is 30.3 Å². The summed E-state index contributed by atoms with van der Waals surface area (Å²) >= 11 is 0. The highest BCUT2D eigenvalue weighted by molar-refractivity contribution is 5.14. The van der Waals surface area contributed by atoms with Crippen LogP contribution in [0.15, 0.2) is 40.9 Å². The zero-order chi connectivity index (χ0) is 12.6. The van der Waals surface area contributed by atoms with Crippen LogP contribution in [0, 0.1) is 0 Å². The Bertz CT molecular complexity index is 451. The predicted molar refractivity (Wildman–Crippen MR) is 72.3 cm³/mol. The molecule has 0 saturated carbocycles. The summed E-state index contributed by atoms with van der Waals surface area (Å²) < 4.78 is 5.66. The van der Waals surface area contributed by atoms with E-state index in [-0.39, 0.29) is 0 Å². The highest BCUT2D eigenvalue weighted by Crippen LogP contribution is 2.10. The number of hydrogen-bond acceptors (Lipinski definition) is 3. The molecule has 0 aliphatic heterocycles. The number of aromatic nitrogens is 1. The molecular weight excluding hydrogens is 224 g/mol. The molecule has 0 aliphatic rings. The van der Waals surface area contributed by atoms with Gasteiger partial charge in [-0.2, -0.15) is 0 Å². The first-order valence-corrected chi connectivity index (χ1v) is 6.56. The van der Waals surface area contributed by atoms with Crippen LogP contribution in [0.4, 0.5) is 0 Å². The fraction of sp³-hybridized carbons (Fsp3) is 0.400. The van der Waals surface area contributed by atoms with Crippen molar-refractivity contribution in [2.45, 2.75) is 32.1 Å². The Morgan fingerprint density at radius 3 is 2.61 bits per heavy atom. The zero-order valence-corrected chi connectivity index (χ0v) is 10.6. The summed E-state index contributed by atoms with van der Waals surface area (Å²) in [6.07, 6.45) is 6.75. The average Bonchev–Trinajstić information content (AvgIpc) is 2.85. The SMILES string of the molecule is NCCCc1ncc(CCCc2ccccc2)o1. The average molecular weight is 244 g/mol. The molecule has 2 aromatic rings. The molecule has 96 valence electrons. The molecule has 0 aliphatic carbocycles. The molecule has 0 unspecified atom stereocenters. The number of oxazole rings is 1. The molecular formula is C15H20N2O. The van der Waals surface area contributed by atoms with Crippen LogP contribution in [0.2, 0.25) is 0 Å². The van der Waals surface area contributed by atoms with Gasteiger partial charge in [0.25, 0.3) is 0 Å². The van der Waals surface area contributed by atoms with E-state index < -0.39 is 0 Å². The Balaban J connectivity index is 1.75. The normalized spacial score (nSPS) is 10.7. The van der Waals surface area contributed by atoms with Crippen LogP contribution in [-0.4, -0.2) is 11.5 Å². The molecule has 3 nitrogen and oxygen atoms in total. The lowest BCUT2D eigenvalue weighted by molar-refractivity contribution is 0.446. The van der Waals surface area contributed by atoms with E-state index in [1.165, 1.54) is 5.56 Å². The molecule has 2 rings (SSSR count). The van der Waals surface area contributed by atoms with Crippen molar-refractivity contribution in [2.24, 2.45) is 5.73 Å². The van der Waals surface area contributed by atoms with Gasteiger partial charge in [0.1, 0.15) is 5.76 Å². The monoisotopic (exact) mass is 244 g/mol. The third-order valence-corrected chi connectivity index (χ3v) is 2.93. The van der Waals surface area contributed by atoms with E-state index in [1.54, 1.807) is 0 Å². The van der Waals surface area contributed by atoms with Gasteiger partial charge in [0.2, 0.25) is 0 Å². The Hall–Kier alpha value is -1.61. The number of rotatable bonds is 7. The maximum atomic E-state index is 5.66. The van der Waals surface area contributed by atoms with E-state index >= 15 is 0 Å². The van der Waals surface area contributed by atoms with Gasteiger partial charge in [0.05, 0.1) is 6.20 Å². The summed E-state index contributed by atoms with van der Waals surface area (Å²) in [4.78, 5) is 4.26. The van der Waals surface area contributed by atoms with Crippen LogP contribution in [0.25, 0.3) is 0 Å². The minimum atomic E-state index is 0.686. The molecule has 0 amide bonds. The lowest BCUT2D eigenvalue weighted by atomic mass is 10.1. The molecule has 0 atom stereocenters. The summed E-state index contributed by atoms with van der Waals surface area (Å²) in [6.45, 7) is 0.686. The van der Waals surface area contributed by atoms with Gasteiger partial charge >= 0.3 is 0 Å². The number of benzene rings is 1. The van der Waals surface area contributed by atoms with Crippen molar-refractivity contribution in [1.82, 2.24) is 4.98 Å². The van der Waals surface area contributed by atoms with Gasteiger partial charge in [-0.3, -0.25) is 0 Å². The van der Waals surface area contributed by atoms with Crippen LogP contribution in [0.1, 0.15) is 30.1 Å². The summed E-state index contributed by atoms with van der Waals surface area (Å²) in [5, 5.41) is 0. The van der Waals surface area contributed by atoms with Crippen LogP contribution >= 0.6 is 0 Å². The summed E-state index contributed by atoms with van der Waals surface area (Å²) in [5.41, 5.74) is 6.83. The van der Waals surface area contributed by atoms with Gasteiger partial charge < -0.3 is 10.2 Å². The summed E-state index contributed by atoms with van der Waals surface area (Å²) in [5.74, 6) is 1.80. The van der Waals surface area contributed by atoms with Crippen molar-refractivity contribution < 1.29 is 4.42 Å². The number of aryl methyl sites for hydroxylation is 3. The van der Waals surface area contributed by atoms with Crippen LogP contribution < -0.4 is 5.73 Å². The number of nitrogens with zero attached hydrogens (tertiary/aromatic N) is 1. The number of hydrogen-bond donors (Lipinski definition) is 1. The molecule has 0 radical (unpaired) electrons. The van der Waals surface area contributed by atoms with Gasteiger partial charge in [-0.05, 0) is 31.4 Å². The number of nitrogens with two attached hydrogens (primary N) is 1. The highest BCUT2D eigenvalue weighted by atomic mass is 16.4. The predicted octanol–water partition coefficient (Wildman–Crippen LogP) is 2.74. The quantitative estimate of drug-likeness (QED) is 0.814. The minimum absolute atomic E-state index is 0.686. The molecule has 18 heavy (non-hydrogen) atoms. The lowest BCUT2D eigenvalue weighted by Crippen LogP contribution is -2.00. The maximum Gasteiger partial charge on any atom is 0.194 e. The Morgan fingerprint density at radius 1 is 1.00 bits per heavy atom. The largest absolute Gasteiger partial charge is 0.446 e. The van der Waals surface area contributed by atoms with E-state index in [2.05, 4.69) is 29.2 Å². The van der Waals surface area contributed by atoms with Crippen molar-refractivity contribution in [1.29, 1.82) is 0 Å². The second-order valence-corrected chi connectivity index (χ2v) is 4.45. The van der Waals surface area contributed by atoms with Gasteiger partial charge in [0, 0.05) is 12.8 Å². The van der Waals surface area contributed by atoms with Crippen LogP contribution in [0.5, 0.6) is 0 Å². The first-order chi connectivity index (χ1) is 8.88. The maximum absolute atomic E-state index is 5.66. The van der Waals surface area contributed by atoms with E-state index in [1.807, 2.05) is 12.3 Å². The van der Waals surface area contributed by atoms with Crippen LogP contribution in [0.3, 0.4) is 0 Å². The van der Waals surface area contributed by atoms with Crippen molar-refractivity contribution >= 4 is 0 Å². The Labute approximate surface area is 108 Å². The van der Waals surface area contributed by atoms with E-state index in [0.29, 0.717) is 6.54 Å². The molecule has 0 saturated heterocycles. The molecule has 3 heteroatoms. The molecule has 0 bridgehead atoms. The lowest BCUT2D eigenvalue weighted by Gasteiger charge is -1.99. The molecule has 2 N–H and O–H groups in total. The van der Waals surface area contributed by atoms with Crippen molar-refractivity contribution in [3.05, 3.63) is 53.7 Å².